The molecular formula is C15H11I3NNaO4. The zero-order chi connectivity index (χ0) is 17.2. The first-order valence-corrected chi connectivity index (χ1v) is 9.71. The van der Waals surface area contributed by atoms with E-state index in [4.69, 9.17) is 10.5 Å². The average molecular weight is 673 g/mol. The van der Waals surface area contributed by atoms with Crippen molar-refractivity contribution in [3.05, 3.63) is 51.6 Å². The minimum absolute atomic E-state index is 0. The third kappa shape index (κ3) is 5.58. The number of nitrogens with two attached hydrogens (primary N) is 1. The summed E-state index contributed by atoms with van der Waals surface area (Å²) < 4.78 is 4.49. The quantitative estimate of drug-likeness (QED) is 0.212. The summed E-state index contributed by atoms with van der Waals surface area (Å²) in [5.41, 5.74) is 6.64. The van der Waals surface area contributed by atoms with Gasteiger partial charge in [-0.25, -0.2) is 4.79 Å². The van der Waals surface area contributed by atoms with E-state index in [1.807, 2.05) is 45.2 Å². The fraction of sp³-hybridized carbons (Fsp3) is 0.133. The summed E-state index contributed by atoms with van der Waals surface area (Å²) in [5, 5.41) is 20.6. The molecule has 0 radical (unpaired) electrons. The fourth-order valence-electron chi connectivity index (χ4n) is 1.74. The minimum Gasteiger partial charge on any atom is -0.872 e. The van der Waals surface area contributed by atoms with Gasteiger partial charge in [-0.3, -0.25) is 0 Å². The van der Waals surface area contributed by atoms with Crippen LogP contribution in [0.4, 0.5) is 0 Å². The molecule has 0 aliphatic rings. The Kier molecular flexibility index (Phi) is 9.04. The molecule has 122 valence electrons. The number of benzene rings is 2. The van der Waals surface area contributed by atoms with Crippen LogP contribution in [0.15, 0.2) is 42.5 Å². The Labute approximate surface area is 202 Å². The van der Waals surface area contributed by atoms with E-state index < -0.39 is 13.4 Å². The molecule has 0 spiro atoms. The van der Waals surface area contributed by atoms with Gasteiger partial charge in [0.1, 0.15) is 11.5 Å². The fourth-order valence-corrected chi connectivity index (χ4v) is 3.26. The minimum atomic E-state index is -1.39. The number of carbonyl (C=O) groups is 1. The first-order chi connectivity index (χ1) is 10.7. The van der Waals surface area contributed by atoms with Crippen molar-refractivity contribution in [2.24, 2.45) is 5.73 Å². The summed E-state index contributed by atoms with van der Waals surface area (Å²) in [6.07, 6.45) is 0. The molecule has 0 saturated heterocycles. The van der Waals surface area contributed by atoms with E-state index >= 15 is 0 Å². The Morgan fingerprint density at radius 2 is 1.75 bits per heavy atom. The second kappa shape index (κ2) is 9.55. The van der Waals surface area contributed by atoms with E-state index in [9.17, 15) is 15.0 Å². The number of rotatable bonds is 5. The number of ether oxygens (including phenoxy) is 1. The second-order valence-corrected chi connectivity index (χ2v) is 8.89. The normalized spacial score (nSPS) is 14.2. The third-order valence-electron chi connectivity index (χ3n) is 3.01. The number of carboxylic acid groups (broad SMARTS) is 1. The van der Waals surface area contributed by atoms with Crippen molar-refractivity contribution >= 4 is 73.7 Å². The molecule has 24 heavy (non-hydrogen) atoms. The summed E-state index contributed by atoms with van der Waals surface area (Å²) in [5.74, 6) is 0.0553. The van der Waals surface area contributed by atoms with Gasteiger partial charge in [-0.1, -0.05) is 46.5 Å². The van der Waals surface area contributed by atoms with Crippen molar-refractivity contribution in [1.29, 1.82) is 0 Å². The molecular weight excluding hydrogens is 662 g/mol. The Bertz CT molecular complexity index is 725. The van der Waals surface area contributed by atoms with Crippen LogP contribution in [-0.2, 0) is 4.79 Å². The Hall–Kier alpha value is 0.660. The topological polar surface area (TPSA) is 95.6 Å². The summed E-state index contributed by atoms with van der Waals surface area (Å²) >= 11 is 5.71. The van der Waals surface area contributed by atoms with Gasteiger partial charge in [0.25, 0.3) is 0 Å². The van der Waals surface area contributed by atoms with Gasteiger partial charge in [0, 0.05) is 3.57 Å². The van der Waals surface area contributed by atoms with E-state index in [0.29, 0.717) is 15.1 Å². The van der Waals surface area contributed by atoms with Gasteiger partial charge < -0.3 is 20.7 Å². The second-order valence-electron chi connectivity index (χ2n) is 4.70. The molecule has 0 heterocycles. The van der Waals surface area contributed by atoms with Gasteiger partial charge in [0.2, 0.25) is 0 Å². The summed E-state index contributed by atoms with van der Waals surface area (Å²) in [4.78, 5) is 11.2. The van der Waals surface area contributed by atoms with E-state index in [2.05, 4.69) is 0 Å². The van der Waals surface area contributed by atoms with Crippen LogP contribution < -0.4 is 45.1 Å². The van der Waals surface area contributed by atoms with Crippen LogP contribution in [0.5, 0.6) is 17.2 Å². The predicted octanol–water partition coefficient (Wildman–Crippen LogP) is 0.812. The number of alkyl halides is 2. The summed E-state index contributed by atoms with van der Waals surface area (Å²) in [7, 11) is 0. The molecule has 9 heteroatoms. The maximum atomic E-state index is 11.4. The Morgan fingerprint density at radius 1 is 1.21 bits per heavy atom. The summed E-state index contributed by atoms with van der Waals surface area (Å²) in [6.45, 7) is 0. The summed E-state index contributed by atoms with van der Waals surface area (Å²) in [6, 6.07) is 11.8. The van der Waals surface area contributed by atoms with Crippen molar-refractivity contribution in [2.45, 2.75) is 7.47 Å². The molecule has 0 aromatic heterocycles. The van der Waals surface area contributed by atoms with E-state index in [1.165, 1.54) is 6.07 Å². The van der Waals surface area contributed by atoms with E-state index in [0.717, 1.165) is 5.56 Å². The van der Waals surface area contributed by atoms with Crippen molar-refractivity contribution in [2.75, 3.05) is 0 Å². The molecule has 2 rings (SSSR count). The molecule has 0 unspecified atom stereocenters. The van der Waals surface area contributed by atoms with Crippen LogP contribution in [0, 0.1) is 3.57 Å². The molecule has 3 N–H and O–H groups in total. The zero-order valence-electron chi connectivity index (χ0n) is 12.5. The SMILES string of the molecule is N[C@@](I)(C(=O)O)[C@@H](I)c1ccc(Oc2ccc([O-])c(I)c2)cc1.[Na+]. The van der Waals surface area contributed by atoms with Gasteiger partial charge in [-0.05, 0) is 75.0 Å². The van der Waals surface area contributed by atoms with Crippen LogP contribution in [-0.4, -0.2) is 14.6 Å². The zero-order valence-corrected chi connectivity index (χ0v) is 21.0. The van der Waals surface area contributed by atoms with Crippen LogP contribution >= 0.6 is 67.8 Å². The predicted molar refractivity (Wildman–Crippen MR) is 110 cm³/mol. The molecule has 0 aliphatic carbocycles. The molecule has 5 nitrogen and oxygen atoms in total. The number of hydrogen-bond acceptors (Lipinski definition) is 4. The number of carboxylic acids is 1. The van der Waals surface area contributed by atoms with Crippen LogP contribution in [0.2, 0.25) is 0 Å². The van der Waals surface area contributed by atoms with Gasteiger partial charge in [-0.2, -0.15) is 0 Å². The molecule has 0 amide bonds. The number of halogens is 3. The number of hydrogen-bond donors (Lipinski definition) is 2. The van der Waals surface area contributed by atoms with Crippen LogP contribution in [0.25, 0.3) is 0 Å². The largest absolute Gasteiger partial charge is 1.00 e. The first-order valence-electron chi connectivity index (χ1n) is 6.31. The monoisotopic (exact) mass is 673 g/mol. The van der Waals surface area contributed by atoms with Gasteiger partial charge >= 0.3 is 35.5 Å². The van der Waals surface area contributed by atoms with Crippen LogP contribution in [0.1, 0.15) is 9.49 Å². The standard InChI is InChI=1S/C15H12I3NO4.Na/c16-11-7-10(5-6-12(11)20)23-9-3-1-8(2-4-9)13(17)15(18,19)14(21)22;/h1-7,13,20H,19H2,(H,21,22);/q;+1/p-1/t13-,15+;/m0./s1. The maximum absolute atomic E-state index is 11.4. The number of aliphatic carboxylic acids is 1. The first kappa shape index (κ1) is 22.7. The molecule has 0 aliphatic heterocycles. The van der Waals surface area contributed by atoms with Crippen LogP contribution in [0.3, 0.4) is 0 Å². The third-order valence-corrected chi connectivity index (χ3v) is 7.83. The van der Waals surface area contributed by atoms with Crippen molar-refractivity contribution in [3.8, 4) is 17.2 Å². The van der Waals surface area contributed by atoms with Crippen molar-refractivity contribution in [1.82, 2.24) is 0 Å². The smallest absolute Gasteiger partial charge is 0.872 e. The Morgan fingerprint density at radius 3 is 2.25 bits per heavy atom. The van der Waals surface area contributed by atoms with Gasteiger partial charge in [0.15, 0.2) is 3.55 Å². The van der Waals surface area contributed by atoms with Crippen molar-refractivity contribution < 1.29 is 49.3 Å². The average Bonchev–Trinajstić information content (AvgIpc) is 2.51. The maximum Gasteiger partial charge on any atom is 1.00 e. The molecule has 2 aromatic carbocycles. The molecule has 2 atom stereocenters. The van der Waals surface area contributed by atoms with Gasteiger partial charge in [-0.15, -0.1) is 0 Å². The van der Waals surface area contributed by atoms with E-state index in [-0.39, 0.29) is 35.3 Å². The van der Waals surface area contributed by atoms with Gasteiger partial charge in [0.05, 0.1) is 3.92 Å². The van der Waals surface area contributed by atoms with E-state index in [1.54, 1.807) is 59.0 Å². The molecule has 2 aromatic rings. The molecule has 0 fully saturated rings. The molecule has 0 saturated carbocycles. The Balaban J connectivity index is 0.00000288. The van der Waals surface area contributed by atoms with Crippen molar-refractivity contribution in [3.63, 3.8) is 0 Å². The molecule has 0 bridgehead atoms.